The molecule has 132 valence electrons. The van der Waals surface area contributed by atoms with Gasteiger partial charge in [-0.2, -0.15) is 0 Å². The predicted molar refractivity (Wildman–Crippen MR) is 99.6 cm³/mol. The minimum absolute atomic E-state index is 0.163. The fourth-order valence-electron chi connectivity index (χ4n) is 3.89. The number of hydrogen-bond acceptors (Lipinski definition) is 3. The van der Waals surface area contributed by atoms with Crippen molar-refractivity contribution >= 4 is 23.2 Å². The molecule has 2 aliphatic heterocycles. The number of anilines is 1. The molecule has 0 radical (unpaired) electrons. The van der Waals surface area contributed by atoms with Crippen molar-refractivity contribution < 1.29 is 4.79 Å². The lowest BCUT2D eigenvalue weighted by Crippen LogP contribution is -2.35. The molecule has 1 aromatic carbocycles. The van der Waals surface area contributed by atoms with Crippen LogP contribution < -0.4 is 10.2 Å². The smallest absolute Gasteiger partial charge is 0.220 e. The molecule has 4 nitrogen and oxygen atoms in total. The average Bonchev–Trinajstić information content (AvgIpc) is 3.12. The number of rotatable bonds is 5. The summed E-state index contributed by atoms with van der Waals surface area (Å²) >= 11 is 6.54. The Hall–Kier alpha value is -1.26. The molecular formula is C19H28ClN3O. The molecular weight excluding hydrogens is 322 g/mol. The van der Waals surface area contributed by atoms with Crippen LogP contribution in [0.15, 0.2) is 18.2 Å². The highest BCUT2D eigenvalue weighted by Crippen LogP contribution is 2.32. The molecule has 5 heteroatoms. The zero-order valence-electron chi connectivity index (χ0n) is 14.6. The molecule has 1 N–H and O–H groups in total. The van der Waals surface area contributed by atoms with E-state index in [9.17, 15) is 4.79 Å². The average molecular weight is 350 g/mol. The first-order valence-electron chi connectivity index (χ1n) is 9.12. The molecule has 0 atom stereocenters. The summed E-state index contributed by atoms with van der Waals surface area (Å²) in [5, 5.41) is 3.62. The van der Waals surface area contributed by atoms with Gasteiger partial charge in [-0.05, 0) is 56.8 Å². The minimum Gasteiger partial charge on any atom is -0.371 e. The van der Waals surface area contributed by atoms with E-state index >= 15 is 0 Å². The van der Waals surface area contributed by atoms with Crippen LogP contribution in [-0.4, -0.2) is 44.0 Å². The third-order valence-corrected chi connectivity index (χ3v) is 5.74. The molecule has 0 aliphatic carbocycles. The number of benzene rings is 1. The Morgan fingerprint density at radius 2 is 1.92 bits per heavy atom. The monoisotopic (exact) mass is 349 g/mol. The van der Waals surface area contributed by atoms with Crippen LogP contribution in [0, 0.1) is 5.92 Å². The summed E-state index contributed by atoms with van der Waals surface area (Å²) < 4.78 is 0. The number of hydrogen-bond donors (Lipinski definition) is 1. The van der Waals surface area contributed by atoms with E-state index in [0.29, 0.717) is 12.3 Å². The van der Waals surface area contributed by atoms with Gasteiger partial charge in [0.15, 0.2) is 0 Å². The standard InChI is InChI=1S/C19H28ClN3O/c1-21-19(24)13-15-7-11-22(12-8-15)14-16-17(20)5-4-6-18(16)23-9-2-3-10-23/h4-6,15H,2-3,7-14H2,1H3,(H,21,24). The summed E-state index contributed by atoms with van der Waals surface area (Å²) in [6.07, 6.45) is 5.40. The van der Waals surface area contributed by atoms with Gasteiger partial charge in [-0.3, -0.25) is 9.69 Å². The van der Waals surface area contributed by atoms with Crippen LogP contribution in [0.1, 0.15) is 37.7 Å². The predicted octanol–water partition coefficient (Wildman–Crippen LogP) is 3.29. The van der Waals surface area contributed by atoms with Crippen LogP contribution in [-0.2, 0) is 11.3 Å². The minimum atomic E-state index is 0.163. The Balaban J connectivity index is 1.62. The lowest BCUT2D eigenvalue weighted by molar-refractivity contribution is -0.121. The maximum absolute atomic E-state index is 11.5. The molecule has 0 spiro atoms. The van der Waals surface area contributed by atoms with E-state index < -0.39 is 0 Å². The zero-order chi connectivity index (χ0) is 16.9. The molecule has 1 amide bonds. The largest absolute Gasteiger partial charge is 0.371 e. The highest BCUT2D eigenvalue weighted by atomic mass is 35.5. The van der Waals surface area contributed by atoms with Crippen LogP contribution in [0.25, 0.3) is 0 Å². The molecule has 24 heavy (non-hydrogen) atoms. The van der Waals surface area contributed by atoms with Gasteiger partial charge in [-0.15, -0.1) is 0 Å². The van der Waals surface area contributed by atoms with Crippen molar-refractivity contribution in [3.05, 3.63) is 28.8 Å². The van der Waals surface area contributed by atoms with Gasteiger partial charge < -0.3 is 10.2 Å². The second kappa shape index (κ2) is 8.21. The molecule has 2 heterocycles. The quantitative estimate of drug-likeness (QED) is 0.886. The topological polar surface area (TPSA) is 35.6 Å². The summed E-state index contributed by atoms with van der Waals surface area (Å²) in [6.45, 7) is 5.29. The summed E-state index contributed by atoms with van der Waals surface area (Å²) in [7, 11) is 1.72. The van der Waals surface area contributed by atoms with Crippen molar-refractivity contribution in [3.63, 3.8) is 0 Å². The summed E-state index contributed by atoms with van der Waals surface area (Å²) in [5.41, 5.74) is 2.58. The SMILES string of the molecule is CNC(=O)CC1CCN(Cc2c(Cl)cccc2N2CCCC2)CC1. The number of carbonyl (C=O) groups is 1. The molecule has 3 rings (SSSR count). The second-order valence-electron chi connectivity index (χ2n) is 7.03. The Labute approximate surface area is 150 Å². The van der Waals surface area contributed by atoms with Gasteiger partial charge in [-0.25, -0.2) is 0 Å². The van der Waals surface area contributed by atoms with E-state index in [1.807, 2.05) is 6.07 Å². The van der Waals surface area contributed by atoms with Crippen LogP contribution >= 0.6 is 11.6 Å². The van der Waals surface area contributed by atoms with Crippen molar-refractivity contribution in [1.82, 2.24) is 10.2 Å². The van der Waals surface area contributed by atoms with Crippen molar-refractivity contribution in [3.8, 4) is 0 Å². The third kappa shape index (κ3) is 4.22. The first kappa shape index (κ1) is 17.6. The van der Waals surface area contributed by atoms with Crippen LogP contribution in [0.3, 0.4) is 0 Å². The maximum Gasteiger partial charge on any atom is 0.220 e. The second-order valence-corrected chi connectivity index (χ2v) is 7.44. The van der Waals surface area contributed by atoms with Crippen LogP contribution in [0.2, 0.25) is 5.02 Å². The number of likely N-dealkylation sites (tertiary alicyclic amines) is 1. The highest BCUT2D eigenvalue weighted by Gasteiger charge is 2.24. The van der Waals surface area contributed by atoms with Crippen molar-refractivity contribution in [2.45, 2.75) is 38.6 Å². The maximum atomic E-state index is 11.5. The van der Waals surface area contributed by atoms with Crippen molar-refractivity contribution in [2.75, 3.05) is 38.1 Å². The van der Waals surface area contributed by atoms with Crippen molar-refractivity contribution in [2.24, 2.45) is 5.92 Å². The fraction of sp³-hybridized carbons (Fsp3) is 0.632. The lowest BCUT2D eigenvalue weighted by atomic mass is 9.93. The number of nitrogens with zero attached hydrogens (tertiary/aromatic N) is 2. The van der Waals surface area contributed by atoms with E-state index in [4.69, 9.17) is 11.6 Å². The molecule has 0 saturated carbocycles. The van der Waals surface area contributed by atoms with Crippen LogP contribution in [0.4, 0.5) is 5.69 Å². The summed E-state index contributed by atoms with van der Waals surface area (Å²) in [4.78, 5) is 16.5. The molecule has 0 bridgehead atoms. The first-order valence-corrected chi connectivity index (χ1v) is 9.50. The normalized spacial score (nSPS) is 19.7. The third-order valence-electron chi connectivity index (χ3n) is 5.38. The van der Waals surface area contributed by atoms with E-state index in [0.717, 1.165) is 50.6 Å². The lowest BCUT2D eigenvalue weighted by Gasteiger charge is -2.33. The van der Waals surface area contributed by atoms with Gasteiger partial charge in [-0.1, -0.05) is 17.7 Å². The van der Waals surface area contributed by atoms with E-state index in [1.54, 1.807) is 7.05 Å². The van der Waals surface area contributed by atoms with E-state index in [-0.39, 0.29) is 5.91 Å². The summed E-state index contributed by atoms with van der Waals surface area (Å²) in [6, 6.07) is 6.29. The summed E-state index contributed by atoms with van der Waals surface area (Å²) in [5.74, 6) is 0.682. The number of halogens is 1. The highest BCUT2D eigenvalue weighted by molar-refractivity contribution is 6.31. The molecule has 1 aromatic rings. The van der Waals surface area contributed by atoms with Gasteiger partial charge in [0.2, 0.25) is 5.91 Å². The van der Waals surface area contributed by atoms with Crippen molar-refractivity contribution in [1.29, 1.82) is 0 Å². The molecule has 0 unspecified atom stereocenters. The number of carbonyl (C=O) groups excluding carboxylic acids is 1. The number of nitrogens with one attached hydrogen (secondary N) is 1. The number of amides is 1. The first-order chi connectivity index (χ1) is 11.7. The van der Waals surface area contributed by atoms with Crippen LogP contribution in [0.5, 0.6) is 0 Å². The Bertz CT molecular complexity index is 564. The van der Waals surface area contributed by atoms with Gasteiger partial charge in [0.1, 0.15) is 0 Å². The molecule has 2 saturated heterocycles. The van der Waals surface area contributed by atoms with E-state index in [2.05, 4.69) is 27.2 Å². The molecule has 2 aliphatic rings. The Morgan fingerprint density at radius 1 is 1.21 bits per heavy atom. The Kier molecular flexibility index (Phi) is 6.01. The van der Waals surface area contributed by atoms with Gasteiger partial charge >= 0.3 is 0 Å². The molecule has 0 aromatic heterocycles. The fourth-order valence-corrected chi connectivity index (χ4v) is 4.12. The van der Waals surface area contributed by atoms with Gasteiger partial charge in [0, 0.05) is 49.4 Å². The van der Waals surface area contributed by atoms with Gasteiger partial charge in [0.05, 0.1) is 0 Å². The van der Waals surface area contributed by atoms with E-state index in [1.165, 1.54) is 24.1 Å². The van der Waals surface area contributed by atoms with Gasteiger partial charge in [0.25, 0.3) is 0 Å². The molecule has 2 fully saturated rings. The zero-order valence-corrected chi connectivity index (χ0v) is 15.3. The number of piperidine rings is 1. The Morgan fingerprint density at radius 3 is 2.58 bits per heavy atom.